The van der Waals surface area contributed by atoms with Crippen molar-refractivity contribution in [1.82, 2.24) is 19.7 Å². The van der Waals surface area contributed by atoms with Crippen molar-refractivity contribution < 1.29 is 9.21 Å². The van der Waals surface area contributed by atoms with Gasteiger partial charge in [0.1, 0.15) is 12.3 Å². The number of aryl methyl sites for hydroxylation is 1. The summed E-state index contributed by atoms with van der Waals surface area (Å²) in [5, 5.41) is 7.15. The van der Waals surface area contributed by atoms with E-state index in [0.29, 0.717) is 17.1 Å². The van der Waals surface area contributed by atoms with Crippen LogP contribution in [0.3, 0.4) is 0 Å². The monoisotopic (exact) mass is 368 g/mol. The Morgan fingerprint density at radius 3 is 2.92 bits per heavy atom. The summed E-state index contributed by atoms with van der Waals surface area (Å²) in [4.78, 5) is 14.9. The predicted octanol–water partition coefficient (Wildman–Crippen LogP) is 3.70. The largest absolute Gasteiger partial charge is 0.467 e. The van der Waals surface area contributed by atoms with Gasteiger partial charge in [-0.15, -0.1) is 0 Å². The molecule has 0 atom stereocenters. The van der Waals surface area contributed by atoms with Gasteiger partial charge in [0.05, 0.1) is 12.8 Å². The Morgan fingerprint density at radius 2 is 2.23 bits per heavy atom. The van der Waals surface area contributed by atoms with Gasteiger partial charge in [-0.2, -0.15) is 5.10 Å². The van der Waals surface area contributed by atoms with E-state index in [-0.39, 0.29) is 18.5 Å². The Balaban J connectivity index is 1.59. The Morgan fingerprint density at radius 1 is 1.38 bits per heavy atom. The van der Waals surface area contributed by atoms with Crippen LogP contribution in [-0.4, -0.2) is 31.6 Å². The second-order valence-electron chi connectivity index (χ2n) is 6.64. The first-order valence-electron chi connectivity index (χ1n) is 8.66. The number of hydrogen-bond acceptors (Lipinski definition) is 4. The molecule has 1 aliphatic carbocycles. The third-order valence-electron chi connectivity index (χ3n) is 4.54. The van der Waals surface area contributed by atoms with Gasteiger partial charge in [0, 0.05) is 11.6 Å². The SMILES string of the molecule is Cc1cccc(-c2n[nH]c(=S)n2CC(=O)N(Cc2ccco2)C2CC2)c1. The molecule has 0 aliphatic heterocycles. The minimum Gasteiger partial charge on any atom is -0.467 e. The highest BCUT2D eigenvalue weighted by Gasteiger charge is 2.33. The Kier molecular flexibility index (Phi) is 4.46. The number of carbonyl (C=O) groups is 1. The first-order valence-corrected chi connectivity index (χ1v) is 9.07. The van der Waals surface area contributed by atoms with Crippen LogP contribution in [0.4, 0.5) is 0 Å². The topological polar surface area (TPSA) is 67.1 Å². The highest BCUT2D eigenvalue weighted by Crippen LogP contribution is 2.29. The van der Waals surface area contributed by atoms with E-state index in [1.807, 2.05) is 48.2 Å². The average Bonchev–Trinajstić information content (AvgIpc) is 3.21. The minimum atomic E-state index is 0.0234. The molecule has 0 spiro atoms. The summed E-state index contributed by atoms with van der Waals surface area (Å²) in [6, 6.07) is 12.0. The number of carbonyl (C=O) groups excluding carboxylic acids is 1. The number of benzene rings is 1. The molecule has 0 unspecified atom stereocenters. The Hall–Kier alpha value is -2.67. The molecule has 0 saturated heterocycles. The maximum atomic E-state index is 13.0. The van der Waals surface area contributed by atoms with E-state index in [1.165, 1.54) is 0 Å². The zero-order valence-electron chi connectivity index (χ0n) is 14.5. The zero-order chi connectivity index (χ0) is 18.1. The summed E-state index contributed by atoms with van der Waals surface area (Å²) in [6.07, 6.45) is 3.70. The van der Waals surface area contributed by atoms with Crippen molar-refractivity contribution in [3.8, 4) is 11.4 Å². The van der Waals surface area contributed by atoms with Crippen LogP contribution in [0, 0.1) is 11.7 Å². The number of rotatable bonds is 6. The van der Waals surface area contributed by atoms with Crippen molar-refractivity contribution in [2.75, 3.05) is 0 Å². The number of nitrogens with zero attached hydrogens (tertiary/aromatic N) is 3. The van der Waals surface area contributed by atoms with Crippen molar-refractivity contribution in [2.45, 2.75) is 38.9 Å². The zero-order valence-corrected chi connectivity index (χ0v) is 15.3. The van der Waals surface area contributed by atoms with Crippen molar-refractivity contribution >= 4 is 18.1 Å². The fourth-order valence-corrected chi connectivity index (χ4v) is 3.27. The molecule has 1 aromatic carbocycles. The van der Waals surface area contributed by atoms with Crippen LogP contribution in [0.15, 0.2) is 47.1 Å². The number of nitrogens with one attached hydrogen (secondary N) is 1. The van der Waals surface area contributed by atoms with Gasteiger partial charge < -0.3 is 9.32 Å². The Bertz CT molecular complexity index is 970. The molecule has 3 aromatic rings. The van der Waals surface area contributed by atoms with Crippen molar-refractivity contribution in [3.05, 3.63) is 58.8 Å². The molecule has 7 heteroatoms. The molecule has 2 aromatic heterocycles. The van der Waals surface area contributed by atoms with Crippen LogP contribution in [0.2, 0.25) is 0 Å². The van der Waals surface area contributed by atoms with Gasteiger partial charge >= 0.3 is 0 Å². The maximum absolute atomic E-state index is 13.0. The molecule has 1 aliphatic rings. The molecule has 134 valence electrons. The number of H-pyrrole nitrogens is 1. The molecule has 1 N–H and O–H groups in total. The first kappa shape index (κ1) is 16.8. The lowest BCUT2D eigenvalue weighted by atomic mass is 10.1. The molecule has 26 heavy (non-hydrogen) atoms. The lowest BCUT2D eigenvalue weighted by Gasteiger charge is -2.22. The van der Waals surface area contributed by atoms with Gasteiger partial charge in [-0.25, -0.2) is 0 Å². The summed E-state index contributed by atoms with van der Waals surface area (Å²) in [7, 11) is 0. The molecule has 6 nitrogen and oxygen atoms in total. The molecular formula is C19H20N4O2S. The third-order valence-corrected chi connectivity index (χ3v) is 4.85. The molecule has 1 fully saturated rings. The summed E-state index contributed by atoms with van der Waals surface area (Å²) >= 11 is 5.36. The smallest absolute Gasteiger partial charge is 0.243 e. The molecular weight excluding hydrogens is 348 g/mol. The van der Waals surface area contributed by atoms with E-state index >= 15 is 0 Å². The van der Waals surface area contributed by atoms with Crippen LogP contribution in [-0.2, 0) is 17.9 Å². The van der Waals surface area contributed by atoms with E-state index in [2.05, 4.69) is 10.2 Å². The molecule has 2 heterocycles. The van der Waals surface area contributed by atoms with Crippen molar-refractivity contribution in [2.24, 2.45) is 0 Å². The quantitative estimate of drug-likeness (QED) is 0.674. The Labute approximate surface area is 156 Å². The standard InChI is InChI=1S/C19H20N4O2S/c1-13-4-2-5-14(10-13)18-20-21-19(26)23(18)12-17(24)22(15-7-8-15)11-16-6-3-9-25-16/h2-6,9-10,15H,7-8,11-12H2,1H3,(H,21,26). The van der Waals surface area contributed by atoms with Gasteiger partial charge in [0.25, 0.3) is 0 Å². The molecule has 1 amide bonds. The normalized spacial score (nSPS) is 13.7. The van der Waals surface area contributed by atoms with E-state index in [4.69, 9.17) is 16.6 Å². The van der Waals surface area contributed by atoms with Crippen LogP contribution in [0.5, 0.6) is 0 Å². The fraction of sp³-hybridized carbons (Fsp3) is 0.316. The second-order valence-corrected chi connectivity index (χ2v) is 7.03. The van der Waals surface area contributed by atoms with Crippen molar-refractivity contribution in [1.29, 1.82) is 0 Å². The molecule has 1 saturated carbocycles. The van der Waals surface area contributed by atoms with Crippen LogP contribution < -0.4 is 0 Å². The van der Waals surface area contributed by atoms with Gasteiger partial charge in [0.2, 0.25) is 5.91 Å². The average molecular weight is 368 g/mol. The first-order chi connectivity index (χ1) is 12.6. The number of aromatic amines is 1. The highest BCUT2D eigenvalue weighted by molar-refractivity contribution is 7.71. The number of furan rings is 1. The van der Waals surface area contributed by atoms with E-state index < -0.39 is 0 Å². The summed E-state index contributed by atoms with van der Waals surface area (Å²) in [6.45, 7) is 2.68. The fourth-order valence-electron chi connectivity index (χ4n) is 3.07. The van der Waals surface area contributed by atoms with E-state index in [9.17, 15) is 4.79 Å². The lowest BCUT2D eigenvalue weighted by molar-refractivity contribution is -0.133. The van der Waals surface area contributed by atoms with Gasteiger partial charge in [-0.05, 0) is 50.2 Å². The van der Waals surface area contributed by atoms with Gasteiger partial charge in [0.15, 0.2) is 10.6 Å². The highest BCUT2D eigenvalue weighted by atomic mass is 32.1. The van der Waals surface area contributed by atoms with Gasteiger partial charge in [-0.1, -0.05) is 23.8 Å². The minimum absolute atomic E-state index is 0.0234. The third kappa shape index (κ3) is 3.48. The van der Waals surface area contributed by atoms with Crippen LogP contribution in [0.1, 0.15) is 24.2 Å². The molecule has 0 radical (unpaired) electrons. The second kappa shape index (κ2) is 6.92. The number of amides is 1. The number of hydrogen-bond donors (Lipinski definition) is 1. The predicted molar refractivity (Wildman–Crippen MR) is 99.9 cm³/mol. The van der Waals surface area contributed by atoms with E-state index in [0.717, 1.165) is 29.7 Å². The molecule has 0 bridgehead atoms. The lowest BCUT2D eigenvalue weighted by Crippen LogP contribution is -2.35. The van der Waals surface area contributed by atoms with Crippen LogP contribution in [0.25, 0.3) is 11.4 Å². The van der Waals surface area contributed by atoms with Crippen molar-refractivity contribution in [3.63, 3.8) is 0 Å². The summed E-state index contributed by atoms with van der Waals surface area (Å²) in [5.74, 6) is 1.50. The van der Waals surface area contributed by atoms with Crippen LogP contribution >= 0.6 is 12.2 Å². The molecule has 4 rings (SSSR count). The van der Waals surface area contributed by atoms with Gasteiger partial charge in [-0.3, -0.25) is 14.5 Å². The van der Waals surface area contributed by atoms with E-state index in [1.54, 1.807) is 10.8 Å². The summed E-state index contributed by atoms with van der Waals surface area (Å²) in [5.41, 5.74) is 2.07. The summed E-state index contributed by atoms with van der Waals surface area (Å²) < 4.78 is 7.63. The maximum Gasteiger partial charge on any atom is 0.243 e. The number of aromatic nitrogens is 3.